The van der Waals surface area contributed by atoms with Gasteiger partial charge in [0, 0.05) is 43.4 Å². The van der Waals surface area contributed by atoms with Crippen molar-refractivity contribution in [2.45, 2.75) is 20.4 Å². The van der Waals surface area contributed by atoms with Crippen LogP contribution in [0.25, 0.3) is 0 Å². The maximum atomic E-state index is 11.0. The number of anilines is 1. The van der Waals surface area contributed by atoms with E-state index in [4.69, 9.17) is 4.74 Å². The van der Waals surface area contributed by atoms with Crippen LogP contribution in [0, 0.1) is 6.92 Å². The molecule has 1 aromatic carbocycles. The monoisotopic (exact) mass is 346 g/mol. The largest absolute Gasteiger partial charge is 0.494 e. The third-order valence-corrected chi connectivity index (χ3v) is 3.94. The zero-order valence-electron chi connectivity index (χ0n) is 14.3. The number of esters is 1. The minimum Gasteiger partial charge on any atom is -0.494 e. The molecular formula is C18H22N2O5. The highest BCUT2D eigenvalue weighted by Gasteiger charge is 2.12. The number of rotatable bonds is 8. The highest BCUT2D eigenvalue weighted by atomic mass is 16.5. The molecule has 0 bridgehead atoms. The van der Waals surface area contributed by atoms with Crippen molar-refractivity contribution in [3.8, 4) is 11.8 Å². The summed E-state index contributed by atoms with van der Waals surface area (Å²) in [6, 6.07) is 8.27. The number of aromatic hydroxyl groups is 2. The molecule has 2 N–H and O–H groups in total. The zero-order valence-corrected chi connectivity index (χ0v) is 14.3. The van der Waals surface area contributed by atoms with Gasteiger partial charge in [-0.15, -0.1) is 0 Å². The van der Waals surface area contributed by atoms with Crippen LogP contribution in [0.2, 0.25) is 0 Å². The summed E-state index contributed by atoms with van der Waals surface area (Å²) in [6.07, 6.45) is 0.804. The molecule has 134 valence electrons. The number of hydrogen-bond donors (Lipinski definition) is 2. The fourth-order valence-corrected chi connectivity index (χ4v) is 2.55. The Kier molecular flexibility index (Phi) is 6.05. The number of benzene rings is 1. The lowest BCUT2D eigenvalue weighted by atomic mass is 10.1. The van der Waals surface area contributed by atoms with Gasteiger partial charge >= 0.3 is 5.97 Å². The van der Waals surface area contributed by atoms with E-state index >= 15 is 0 Å². The summed E-state index contributed by atoms with van der Waals surface area (Å²) in [5.41, 5.74) is 2.32. The molecule has 1 aromatic heterocycles. The van der Waals surface area contributed by atoms with Gasteiger partial charge in [-0.25, -0.2) is 0 Å². The molecule has 0 spiro atoms. The molecule has 0 fully saturated rings. The van der Waals surface area contributed by atoms with Crippen LogP contribution in [0.1, 0.15) is 22.8 Å². The van der Waals surface area contributed by atoms with Gasteiger partial charge in [-0.1, -0.05) is 0 Å². The minimum absolute atomic E-state index is 0.0232. The summed E-state index contributed by atoms with van der Waals surface area (Å²) in [5, 5.41) is 19.5. The van der Waals surface area contributed by atoms with Crippen LogP contribution in [0.4, 0.5) is 5.69 Å². The van der Waals surface area contributed by atoms with Crippen molar-refractivity contribution in [3.05, 3.63) is 41.5 Å². The zero-order chi connectivity index (χ0) is 18.4. The second-order valence-corrected chi connectivity index (χ2v) is 5.69. The van der Waals surface area contributed by atoms with Gasteiger partial charge < -0.3 is 19.8 Å². The Morgan fingerprint density at radius 2 is 1.88 bits per heavy atom. The summed E-state index contributed by atoms with van der Waals surface area (Å²) in [4.78, 5) is 23.9. The third kappa shape index (κ3) is 4.76. The topological polar surface area (TPSA) is 92.0 Å². The van der Waals surface area contributed by atoms with Crippen molar-refractivity contribution in [3.63, 3.8) is 0 Å². The molecule has 0 atom stereocenters. The van der Waals surface area contributed by atoms with E-state index in [1.54, 1.807) is 6.07 Å². The molecule has 2 aromatic rings. The molecule has 2 rings (SSSR count). The second kappa shape index (κ2) is 8.23. The molecule has 0 unspecified atom stereocenters. The first kappa shape index (κ1) is 18.4. The highest BCUT2D eigenvalue weighted by molar-refractivity contribution is 5.78. The Morgan fingerprint density at radius 1 is 1.20 bits per heavy atom. The summed E-state index contributed by atoms with van der Waals surface area (Å²) in [5.74, 6) is -0.400. The second-order valence-electron chi connectivity index (χ2n) is 5.69. The van der Waals surface area contributed by atoms with E-state index < -0.39 is 0 Å². The SMILES string of the molecule is CC(=O)OCCN(CCn1c(O)ccc1O)c1ccc(C=O)c(C)c1. The van der Waals surface area contributed by atoms with Gasteiger partial charge in [0.2, 0.25) is 0 Å². The van der Waals surface area contributed by atoms with Crippen molar-refractivity contribution in [2.75, 3.05) is 24.6 Å². The van der Waals surface area contributed by atoms with Crippen molar-refractivity contribution < 1.29 is 24.5 Å². The molecule has 0 saturated carbocycles. The first-order valence-corrected chi connectivity index (χ1v) is 7.94. The van der Waals surface area contributed by atoms with Gasteiger partial charge in [0.25, 0.3) is 0 Å². The Morgan fingerprint density at radius 3 is 2.44 bits per heavy atom. The van der Waals surface area contributed by atoms with Crippen LogP contribution in [-0.4, -0.2) is 46.7 Å². The third-order valence-electron chi connectivity index (χ3n) is 3.94. The van der Waals surface area contributed by atoms with E-state index in [1.807, 2.05) is 24.0 Å². The lowest BCUT2D eigenvalue weighted by molar-refractivity contribution is -0.140. The van der Waals surface area contributed by atoms with Crippen LogP contribution in [0.3, 0.4) is 0 Å². The molecule has 1 heterocycles. The molecule has 0 aliphatic carbocycles. The van der Waals surface area contributed by atoms with Crippen molar-refractivity contribution in [1.82, 2.24) is 4.57 Å². The van der Waals surface area contributed by atoms with Gasteiger partial charge in [0.05, 0.1) is 6.54 Å². The molecule has 0 saturated heterocycles. The van der Waals surface area contributed by atoms with E-state index in [2.05, 4.69) is 0 Å². The van der Waals surface area contributed by atoms with Gasteiger partial charge in [-0.3, -0.25) is 14.2 Å². The average Bonchev–Trinajstić information content (AvgIpc) is 2.89. The Bertz CT molecular complexity index is 734. The molecular weight excluding hydrogens is 324 g/mol. The number of hydrogen-bond acceptors (Lipinski definition) is 6. The first-order chi connectivity index (χ1) is 11.9. The quantitative estimate of drug-likeness (QED) is 0.562. The van der Waals surface area contributed by atoms with E-state index in [0.29, 0.717) is 25.2 Å². The lowest BCUT2D eigenvalue weighted by Gasteiger charge is -2.26. The van der Waals surface area contributed by atoms with E-state index in [9.17, 15) is 19.8 Å². The number of nitrogens with zero attached hydrogens (tertiary/aromatic N) is 2. The number of aryl methyl sites for hydroxylation is 1. The minimum atomic E-state index is -0.354. The van der Waals surface area contributed by atoms with Crippen LogP contribution in [0.5, 0.6) is 11.8 Å². The number of carbonyl (C=O) groups is 2. The van der Waals surface area contributed by atoms with Crippen LogP contribution in [0.15, 0.2) is 30.3 Å². The maximum absolute atomic E-state index is 11.0. The summed E-state index contributed by atoms with van der Waals surface area (Å²) in [7, 11) is 0. The molecule has 0 radical (unpaired) electrons. The number of ether oxygens (including phenoxy) is 1. The van der Waals surface area contributed by atoms with Crippen LogP contribution in [-0.2, 0) is 16.1 Å². The van der Waals surface area contributed by atoms with Gasteiger partial charge in [-0.2, -0.15) is 0 Å². The molecule has 0 aliphatic rings. The van der Waals surface area contributed by atoms with Gasteiger partial charge in [0.1, 0.15) is 12.9 Å². The fraction of sp³-hybridized carbons (Fsp3) is 0.333. The summed E-state index contributed by atoms with van der Waals surface area (Å²) in [6.45, 7) is 4.68. The average molecular weight is 346 g/mol. The smallest absolute Gasteiger partial charge is 0.302 e. The standard InChI is InChI=1S/C18H22N2O5/c1-13-11-16(4-3-15(13)12-21)19(9-10-25-14(2)22)7-8-20-17(23)5-6-18(20)24/h3-6,11-12,23-24H,7-10H2,1-2H3. The summed E-state index contributed by atoms with van der Waals surface area (Å²) >= 11 is 0. The predicted octanol–water partition coefficient (Wildman–Crippen LogP) is 2.09. The molecule has 25 heavy (non-hydrogen) atoms. The Labute approximate surface area is 146 Å². The number of aromatic nitrogens is 1. The first-order valence-electron chi connectivity index (χ1n) is 7.94. The maximum Gasteiger partial charge on any atom is 0.302 e. The van der Waals surface area contributed by atoms with E-state index in [-0.39, 0.29) is 24.3 Å². The van der Waals surface area contributed by atoms with Crippen molar-refractivity contribution in [2.24, 2.45) is 0 Å². The summed E-state index contributed by atoms with van der Waals surface area (Å²) < 4.78 is 6.39. The fourth-order valence-electron chi connectivity index (χ4n) is 2.55. The molecule has 7 nitrogen and oxygen atoms in total. The Balaban J connectivity index is 2.15. The lowest BCUT2D eigenvalue weighted by Crippen LogP contribution is -2.31. The van der Waals surface area contributed by atoms with Crippen LogP contribution < -0.4 is 4.90 Å². The normalized spacial score (nSPS) is 10.5. The van der Waals surface area contributed by atoms with E-state index in [1.165, 1.54) is 23.6 Å². The molecule has 0 aliphatic heterocycles. The predicted molar refractivity (Wildman–Crippen MR) is 93.2 cm³/mol. The highest BCUT2D eigenvalue weighted by Crippen LogP contribution is 2.22. The van der Waals surface area contributed by atoms with Crippen molar-refractivity contribution in [1.29, 1.82) is 0 Å². The number of aldehydes is 1. The van der Waals surface area contributed by atoms with E-state index in [0.717, 1.165) is 17.5 Å². The van der Waals surface area contributed by atoms with Gasteiger partial charge in [-0.05, 0) is 30.7 Å². The Hall–Kier alpha value is -2.96. The number of carbonyl (C=O) groups excluding carboxylic acids is 2. The van der Waals surface area contributed by atoms with Gasteiger partial charge in [0.15, 0.2) is 11.8 Å². The van der Waals surface area contributed by atoms with Crippen LogP contribution >= 0.6 is 0 Å². The molecule has 7 heteroatoms. The van der Waals surface area contributed by atoms with Crippen molar-refractivity contribution >= 4 is 17.9 Å². The molecule has 0 amide bonds.